The van der Waals surface area contributed by atoms with Crippen LogP contribution in [-0.2, 0) is 17.6 Å². The summed E-state index contributed by atoms with van der Waals surface area (Å²) in [5, 5.41) is 9.19. The lowest BCUT2D eigenvalue weighted by molar-refractivity contribution is -0.130. The van der Waals surface area contributed by atoms with Gasteiger partial charge >= 0.3 is 0 Å². The van der Waals surface area contributed by atoms with Crippen molar-refractivity contribution in [3.05, 3.63) is 50.4 Å². The number of hydrogen-bond acceptors (Lipinski definition) is 4. The molecule has 0 saturated heterocycles. The molecule has 6 heteroatoms. The highest BCUT2D eigenvalue weighted by atomic mass is 32.1. The number of rotatable bonds is 7. The quantitative estimate of drug-likeness (QED) is 0.765. The molecule has 0 spiro atoms. The summed E-state index contributed by atoms with van der Waals surface area (Å²) in [7, 11) is 0. The van der Waals surface area contributed by atoms with Gasteiger partial charge in [0.1, 0.15) is 0 Å². The van der Waals surface area contributed by atoms with Gasteiger partial charge in [0.05, 0.1) is 13.0 Å². The number of nitrogens with one attached hydrogen (secondary N) is 1. The van der Waals surface area contributed by atoms with E-state index >= 15 is 0 Å². The molecule has 0 saturated carbocycles. The Kier molecular flexibility index (Phi) is 6.30. The van der Waals surface area contributed by atoms with Crippen molar-refractivity contribution in [1.29, 1.82) is 0 Å². The number of carbonyl (C=O) groups is 1. The average molecular weight is 336 g/mol. The Bertz CT molecular complexity index is 664. The Hall–Kier alpha value is -1.50. The Labute approximate surface area is 139 Å². The van der Waals surface area contributed by atoms with Crippen molar-refractivity contribution in [3.8, 4) is 0 Å². The molecule has 1 heterocycles. The number of nitrogens with zero attached hydrogens (tertiary/aromatic N) is 1. The van der Waals surface area contributed by atoms with Gasteiger partial charge in [0, 0.05) is 23.7 Å². The molecule has 0 atom stereocenters. The van der Waals surface area contributed by atoms with Crippen LogP contribution in [-0.4, -0.2) is 40.6 Å². The summed E-state index contributed by atoms with van der Waals surface area (Å²) in [4.78, 5) is 18.2. The molecule has 0 radical (unpaired) electrons. The lowest BCUT2D eigenvalue weighted by Gasteiger charge is -2.21. The molecule has 118 valence electrons. The standard InChI is InChI=1S/C16H20N2O2S2/c1-12-14(22-16(21)17-12)11-15(20)18(9-10-19)8-7-13-5-3-2-4-6-13/h2-6,19H,7-11H2,1H3,(H,17,21). The zero-order valence-electron chi connectivity index (χ0n) is 12.5. The Morgan fingerprint density at radius 2 is 2.05 bits per heavy atom. The van der Waals surface area contributed by atoms with Gasteiger partial charge in [0.15, 0.2) is 3.95 Å². The van der Waals surface area contributed by atoms with E-state index in [1.165, 1.54) is 16.9 Å². The van der Waals surface area contributed by atoms with E-state index < -0.39 is 0 Å². The number of H-pyrrole nitrogens is 1. The number of aromatic nitrogens is 1. The fraction of sp³-hybridized carbons (Fsp3) is 0.375. The number of aryl methyl sites for hydroxylation is 1. The second-order valence-electron chi connectivity index (χ2n) is 5.08. The van der Waals surface area contributed by atoms with Crippen molar-refractivity contribution < 1.29 is 9.90 Å². The fourth-order valence-electron chi connectivity index (χ4n) is 2.25. The minimum absolute atomic E-state index is 0.0254. The lowest BCUT2D eigenvalue weighted by atomic mass is 10.1. The molecule has 2 aromatic rings. The third kappa shape index (κ3) is 4.76. The first-order chi connectivity index (χ1) is 10.6. The summed E-state index contributed by atoms with van der Waals surface area (Å²) >= 11 is 6.55. The molecule has 1 aromatic carbocycles. The van der Waals surface area contributed by atoms with Crippen LogP contribution in [0.1, 0.15) is 16.1 Å². The molecule has 1 amide bonds. The summed E-state index contributed by atoms with van der Waals surface area (Å²) in [5.74, 6) is 0.0262. The Morgan fingerprint density at radius 3 is 2.64 bits per heavy atom. The van der Waals surface area contributed by atoms with Gasteiger partial charge in [-0.2, -0.15) is 0 Å². The highest BCUT2D eigenvalue weighted by Crippen LogP contribution is 2.16. The first-order valence-corrected chi connectivity index (χ1v) is 8.43. The molecule has 4 nitrogen and oxygen atoms in total. The number of aliphatic hydroxyl groups is 1. The van der Waals surface area contributed by atoms with Crippen molar-refractivity contribution in [3.63, 3.8) is 0 Å². The summed E-state index contributed by atoms with van der Waals surface area (Å²) < 4.78 is 0.693. The van der Waals surface area contributed by atoms with Crippen molar-refractivity contribution in [2.24, 2.45) is 0 Å². The largest absolute Gasteiger partial charge is 0.395 e. The van der Waals surface area contributed by atoms with E-state index in [1.807, 2.05) is 37.3 Å². The van der Waals surface area contributed by atoms with Crippen LogP contribution in [0.2, 0.25) is 0 Å². The summed E-state index contributed by atoms with van der Waals surface area (Å²) in [6.07, 6.45) is 1.12. The van der Waals surface area contributed by atoms with Crippen LogP contribution >= 0.6 is 23.6 Å². The number of hydrogen-bond donors (Lipinski definition) is 2. The molecule has 1 aromatic heterocycles. The zero-order chi connectivity index (χ0) is 15.9. The van der Waals surface area contributed by atoms with E-state index in [1.54, 1.807) is 4.90 Å². The molecule has 2 rings (SSSR count). The van der Waals surface area contributed by atoms with Crippen molar-refractivity contribution >= 4 is 29.5 Å². The van der Waals surface area contributed by atoms with Crippen LogP contribution in [0.5, 0.6) is 0 Å². The van der Waals surface area contributed by atoms with Gasteiger partial charge in [0.2, 0.25) is 5.91 Å². The molecule has 0 fully saturated rings. The third-order valence-electron chi connectivity index (χ3n) is 3.47. The number of aliphatic hydroxyl groups excluding tert-OH is 1. The van der Waals surface area contributed by atoms with E-state index in [0.29, 0.717) is 23.5 Å². The predicted molar refractivity (Wildman–Crippen MR) is 91.8 cm³/mol. The third-order valence-corrected chi connectivity index (χ3v) is 4.81. The van der Waals surface area contributed by atoms with Crippen molar-refractivity contribution in [2.75, 3.05) is 19.7 Å². The summed E-state index contributed by atoms with van der Waals surface area (Å²) in [6.45, 7) is 2.87. The monoisotopic (exact) mass is 336 g/mol. The van der Waals surface area contributed by atoms with E-state index in [-0.39, 0.29) is 12.5 Å². The van der Waals surface area contributed by atoms with E-state index in [4.69, 9.17) is 12.2 Å². The molecule has 0 aliphatic carbocycles. The number of benzene rings is 1. The van der Waals surface area contributed by atoms with Crippen LogP contribution in [0.25, 0.3) is 0 Å². The van der Waals surface area contributed by atoms with Gasteiger partial charge in [-0.3, -0.25) is 4.79 Å². The predicted octanol–water partition coefficient (Wildman–Crippen LogP) is 2.72. The first-order valence-electron chi connectivity index (χ1n) is 7.21. The number of thiazole rings is 1. The molecule has 0 bridgehead atoms. The smallest absolute Gasteiger partial charge is 0.227 e. The Balaban J connectivity index is 1.98. The topological polar surface area (TPSA) is 56.3 Å². The van der Waals surface area contributed by atoms with E-state index in [2.05, 4.69) is 4.98 Å². The minimum atomic E-state index is -0.0254. The first kappa shape index (κ1) is 16.9. The maximum absolute atomic E-state index is 12.5. The second kappa shape index (κ2) is 8.22. The zero-order valence-corrected chi connectivity index (χ0v) is 14.2. The normalized spacial score (nSPS) is 10.6. The van der Waals surface area contributed by atoms with Crippen molar-refractivity contribution in [1.82, 2.24) is 9.88 Å². The number of carbonyl (C=O) groups excluding carboxylic acids is 1. The molecule has 0 unspecified atom stereocenters. The van der Waals surface area contributed by atoms with Crippen LogP contribution < -0.4 is 0 Å². The van der Waals surface area contributed by atoms with Crippen LogP contribution in [0, 0.1) is 10.9 Å². The van der Waals surface area contributed by atoms with Gasteiger partial charge in [-0.15, -0.1) is 11.3 Å². The highest BCUT2D eigenvalue weighted by Gasteiger charge is 2.16. The van der Waals surface area contributed by atoms with Crippen LogP contribution in [0.4, 0.5) is 0 Å². The molecule has 0 aliphatic heterocycles. The van der Waals surface area contributed by atoms with Crippen molar-refractivity contribution in [2.45, 2.75) is 19.8 Å². The number of amides is 1. The minimum Gasteiger partial charge on any atom is -0.395 e. The second-order valence-corrected chi connectivity index (χ2v) is 6.85. The maximum Gasteiger partial charge on any atom is 0.227 e. The molecule has 0 aliphatic rings. The van der Waals surface area contributed by atoms with E-state index in [9.17, 15) is 9.90 Å². The maximum atomic E-state index is 12.5. The highest BCUT2D eigenvalue weighted by molar-refractivity contribution is 7.73. The average Bonchev–Trinajstić information content (AvgIpc) is 2.82. The van der Waals surface area contributed by atoms with E-state index in [0.717, 1.165) is 17.0 Å². The molecule has 22 heavy (non-hydrogen) atoms. The molecular weight excluding hydrogens is 316 g/mol. The SMILES string of the molecule is Cc1[nH]c(=S)sc1CC(=O)N(CCO)CCc1ccccc1. The molecule has 2 N–H and O–H groups in total. The Morgan fingerprint density at radius 1 is 1.32 bits per heavy atom. The van der Waals surface area contributed by atoms with Gasteiger partial charge in [-0.05, 0) is 31.1 Å². The summed E-state index contributed by atoms with van der Waals surface area (Å²) in [5.41, 5.74) is 2.14. The number of aromatic amines is 1. The van der Waals surface area contributed by atoms with Gasteiger partial charge < -0.3 is 15.0 Å². The summed E-state index contributed by atoms with van der Waals surface area (Å²) in [6, 6.07) is 10.0. The molecular formula is C16H20N2O2S2. The van der Waals surface area contributed by atoms with Gasteiger partial charge in [-0.25, -0.2) is 0 Å². The van der Waals surface area contributed by atoms with Crippen LogP contribution in [0.3, 0.4) is 0 Å². The lowest BCUT2D eigenvalue weighted by Crippen LogP contribution is -2.36. The fourth-order valence-corrected chi connectivity index (χ4v) is 3.53. The van der Waals surface area contributed by atoms with Crippen LogP contribution in [0.15, 0.2) is 30.3 Å². The van der Waals surface area contributed by atoms with Gasteiger partial charge in [-0.1, -0.05) is 30.3 Å². The van der Waals surface area contributed by atoms with Gasteiger partial charge in [0.25, 0.3) is 0 Å².